The van der Waals surface area contributed by atoms with Crippen LogP contribution in [0.25, 0.3) is 0 Å². The van der Waals surface area contributed by atoms with E-state index in [2.05, 4.69) is 21.2 Å². The summed E-state index contributed by atoms with van der Waals surface area (Å²) in [6.07, 6.45) is 3.45. The zero-order valence-corrected chi connectivity index (χ0v) is 19.3. The monoisotopic (exact) mass is 540 g/mol. The normalized spacial score (nSPS) is 21.7. The minimum atomic E-state index is -1.19. The van der Waals surface area contributed by atoms with Crippen molar-refractivity contribution < 1.29 is 45.7 Å². The first-order chi connectivity index (χ1) is 12.6. The number of carbonyl (C=O) groups excluding carboxylic acids is 3. The molecule has 2 aliphatic rings. The average Bonchev–Trinajstić information content (AvgIpc) is 2.57. The molecule has 0 radical (unpaired) electrons. The van der Waals surface area contributed by atoms with Crippen LogP contribution in [0.3, 0.4) is 0 Å². The Balaban J connectivity index is 0.00000392. The highest BCUT2D eigenvalue weighted by atomic mass is 79.9. The lowest BCUT2D eigenvalue weighted by atomic mass is 10.0. The Morgan fingerprint density at radius 1 is 1.43 bits per heavy atom. The van der Waals surface area contributed by atoms with Gasteiger partial charge in [-0.25, -0.2) is 4.79 Å². The third-order valence-electron chi connectivity index (χ3n) is 4.14. The van der Waals surface area contributed by atoms with Crippen LogP contribution in [0.4, 0.5) is 0 Å². The molecule has 1 saturated heterocycles. The second-order valence-corrected chi connectivity index (χ2v) is 8.58. The standard InChI is InChI=1S/C16H21BrN4O5S.BrH/c1-21(2,7-10(18)22)5-3-4-9-8-27-15-12(19-11(23)6-17)14(24)20(15)13(9)16(25)26;/h3-4,12,15H,5-8H2,1-2H3,(H3-,18,19,22,23,25,26);1H/b4-3+;/t12-,15-;/m1./s1. The summed E-state index contributed by atoms with van der Waals surface area (Å²) < 4.78 is 0.334. The van der Waals surface area contributed by atoms with Crippen molar-refractivity contribution in [3.63, 3.8) is 0 Å². The SMILES string of the molecule is C[N+](C)(C/C=C/C1=C(C(=O)O)N2C(=O)[C@@H](NC(=O)CBr)[C@H]2SC1)CC(N)=O.[Br-]. The molecule has 0 bridgehead atoms. The summed E-state index contributed by atoms with van der Waals surface area (Å²) in [6.45, 7) is 0.636. The number of thioether (sulfide) groups is 1. The fourth-order valence-corrected chi connectivity index (χ4v) is 4.43. The fourth-order valence-electron chi connectivity index (χ4n) is 2.95. The number of hydrogen-bond donors (Lipinski definition) is 3. The number of rotatable bonds is 8. The predicted molar refractivity (Wildman–Crippen MR) is 104 cm³/mol. The van der Waals surface area contributed by atoms with Crippen LogP contribution < -0.4 is 28.0 Å². The van der Waals surface area contributed by atoms with Crippen molar-refractivity contribution in [3.8, 4) is 0 Å². The second-order valence-electron chi connectivity index (χ2n) is 6.91. The van der Waals surface area contributed by atoms with Gasteiger partial charge in [-0.1, -0.05) is 22.0 Å². The molecule has 0 spiro atoms. The number of nitrogens with one attached hydrogen (secondary N) is 1. The van der Waals surface area contributed by atoms with Gasteiger partial charge in [0.2, 0.25) is 5.91 Å². The van der Waals surface area contributed by atoms with Gasteiger partial charge < -0.3 is 37.6 Å². The maximum atomic E-state index is 12.4. The predicted octanol–water partition coefficient (Wildman–Crippen LogP) is -3.76. The Kier molecular flexibility index (Phi) is 8.72. The molecular weight excluding hydrogens is 520 g/mol. The number of halogens is 2. The van der Waals surface area contributed by atoms with E-state index in [1.807, 2.05) is 14.1 Å². The molecule has 0 saturated carbocycles. The molecule has 12 heteroatoms. The number of fused-ring (bicyclic) bond motifs is 1. The number of nitrogens with two attached hydrogens (primary N) is 1. The summed E-state index contributed by atoms with van der Waals surface area (Å²) in [6, 6.07) is -0.717. The van der Waals surface area contributed by atoms with Gasteiger partial charge in [-0.3, -0.25) is 19.3 Å². The quantitative estimate of drug-likeness (QED) is 0.164. The van der Waals surface area contributed by atoms with Crippen LogP contribution in [-0.4, -0.2) is 87.9 Å². The number of β-lactam (4-membered cyclic amide) rings is 1. The van der Waals surface area contributed by atoms with Crippen LogP contribution in [0.2, 0.25) is 0 Å². The Morgan fingerprint density at radius 2 is 2.07 bits per heavy atom. The Morgan fingerprint density at radius 3 is 2.61 bits per heavy atom. The number of carboxylic acid groups (broad SMARTS) is 1. The molecule has 3 amide bonds. The van der Waals surface area contributed by atoms with Crippen molar-refractivity contribution >= 4 is 51.4 Å². The molecule has 2 heterocycles. The highest BCUT2D eigenvalue weighted by molar-refractivity contribution is 9.09. The topological polar surface area (TPSA) is 130 Å². The number of allylic oxidation sites excluding steroid dienone is 1. The fraction of sp³-hybridized carbons (Fsp3) is 0.500. The number of amides is 3. The molecule has 28 heavy (non-hydrogen) atoms. The largest absolute Gasteiger partial charge is 1.00 e. The van der Waals surface area contributed by atoms with Crippen molar-refractivity contribution in [3.05, 3.63) is 23.4 Å². The van der Waals surface area contributed by atoms with Gasteiger partial charge in [0, 0.05) is 5.75 Å². The highest BCUT2D eigenvalue weighted by Gasteiger charge is 2.53. The molecule has 0 aromatic heterocycles. The molecule has 2 rings (SSSR count). The van der Waals surface area contributed by atoms with Gasteiger partial charge in [0.1, 0.15) is 17.1 Å². The molecule has 2 atom stereocenters. The number of alkyl halides is 1. The molecule has 0 aromatic rings. The van der Waals surface area contributed by atoms with Crippen molar-refractivity contribution in [1.29, 1.82) is 0 Å². The van der Waals surface area contributed by atoms with Gasteiger partial charge >= 0.3 is 5.97 Å². The Hall–Kier alpha value is -1.37. The summed E-state index contributed by atoms with van der Waals surface area (Å²) in [5, 5.41) is 11.8. The van der Waals surface area contributed by atoms with Crippen LogP contribution in [0.5, 0.6) is 0 Å². The van der Waals surface area contributed by atoms with Crippen LogP contribution in [-0.2, 0) is 19.2 Å². The maximum absolute atomic E-state index is 12.4. The zero-order chi connectivity index (χ0) is 20.4. The molecular formula is C16H22Br2N4O5S. The number of hydrogen-bond acceptors (Lipinski definition) is 5. The summed E-state index contributed by atoms with van der Waals surface area (Å²) >= 11 is 4.42. The molecule has 4 N–H and O–H groups in total. The lowest BCUT2D eigenvalue weighted by Crippen LogP contribution is -3.00. The van der Waals surface area contributed by atoms with E-state index in [-0.39, 0.29) is 40.5 Å². The van der Waals surface area contributed by atoms with Crippen molar-refractivity contribution in [2.75, 3.05) is 38.3 Å². The van der Waals surface area contributed by atoms with Gasteiger partial charge in [0.05, 0.1) is 26.0 Å². The van der Waals surface area contributed by atoms with E-state index < -0.39 is 29.2 Å². The van der Waals surface area contributed by atoms with Crippen LogP contribution in [0.15, 0.2) is 23.4 Å². The van der Waals surface area contributed by atoms with E-state index >= 15 is 0 Å². The van der Waals surface area contributed by atoms with Gasteiger partial charge in [-0.15, -0.1) is 11.8 Å². The lowest BCUT2D eigenvalue weighted by molar-refractivity contribution is -0.876. The number of carboxylic acids is 1. The molecule has 0 aliphatic carbocycles. The maximum Gasteiger partial charge on any atom is 0.352 e. The van der Waals surface area contributed by atoms with E-state index in [4.69, 9.17) is 5.73 Å². The van der Waals surface area contributed by atoms with Gasteiger partial charge in [-0.05, 0) is 11.6 Å². The highest BCUT2D eigenvalue weighted by Crippen LogP contribution is 2.40. The summed E-state index contributed by atoms with van der Waals surface area (Å²) in [5.41, 5.74) is 5.67. The van der Waals surface area contributed by atoms with Crippen LogP contribution >= 0.6 is 27.7 Å². The lowest BCUT2D eigenvalue weighted by Gasteiger charge is -2.49. The van der Waals surface area contributed by atoms with E-state index in [1.54, 1.807) is 12.2 Å². The van der Waals surface area contributed by atoms with E-state index in [1.165, 1.54) is 16.7 Å². The summed E-state index contributed by atoms with van der Waals surface area (Å²) in [5.74, 6) is -1.97. The zero-order valence-electron chi connectivity index (χ0n) is 15.4. The minimum Gasteiger partial charge on any atom is -1.00 e. The molecule has 156 valence electrons. The third-order valence-corrected chi connectivity index (χ3v) is 5.95. The van der Waals surface area contributed by atoms with Crippen molar-refractivity contribution in [2.24, 2.45) is 5.73 Å². The van der Waals surface area contributed by atoms with Crippen molar-refractivity contribution in [1.82, 2.24) is 10.2 Å². The first kappa shape index (κ1) is 24.7. The molecule has 0 aromatic carbocycles. The molecule has 1 fully saturated rings. The smallest absolute Gasteiger partial charge is 0.352 e. The van der Waals surface area contributed by atoms with E-state index in [0.717, 1.165) is 0 Å². The first-order valence-corrected chi connectivity index (χ1v) is 10.3. The molecule has 0 unspecified atom stereocenters. The summed E-state index contributed by atoms with van der Waals surface area (Å²) in [4.78, 5) is 47.9. The van der Waals surface area contributed by atoms with E-state index in [9.17, 15) is 24.3 Å². The van der Waals surface area contributed by atoms with Crippen LogP contribution in [0, 0.1) is 0 Å². The number of primary amides is 1. The Bertz CT molecular complexity index is 741. The third kappa shape index (κ3) is 5.58. The van der Waals surface area contributed by atoms with Crippen LogP contribution in [0.1, 0.15) is 0 Å². The number of nitrogens with zero attached hydrogens (tertiary/aromatic N) is 2. The first-order valence-electron chi connectivity index (χ1n) is 8.10. The summed E-state index contributed by atoms with van der Waals surface area (Å²) in [7, 11) is 3.67. The van der Waals surface area contributed by atoms with E-state index in [0.29, 0.717) is 22.4 Å². The van der Waals surface area contributed by atoms with Crippen molar-refractivity contribution in [2.45, 2.75) is 11.4 Å². The number of carbonyl (C=O) groups is 4. The van der Waals surface area contributed by atoms with Gasteiger partial charge in [0.15, 0.2) is 6.54 Å². The molecule has 9 nitrogen and oxygen atoms in total. The minimum absolute atomic E-state index is 0. The Labute approximate surface area is 185 Å². The average molecular weight is 542 g/mol. The molecule has 2 aliphatic heterocycles. The van der Waals surface area contributed by atoms with Gasteiger partial charge in [0.25, 0.3) is 11.8 Å². The van der Waals surface area contributed by atoms with Gasteiger partial charge in [-0.2, -0.15) is 0 Å². The number of quaternary nitrogens is 1. The number of aliphatic carboxylic acids is 1. The second kappa shape index (κ2) is 9.90. The number of likely N-dealkylation sites (N-methyl/N-ethyl adjacent to an activating group) is 1.